The zero-order valence-electron chi connectivity index (χ0n) is 13.8. The van der Waals surface area contributed by atoms with Crippen LogP contribution in [0.15, 0.2) is 18.2 Å². The van der Waals surface area contributed by atoms with Crippen LogP contribution in [0.1, 0.15) is 18.9 Å². The lowest BCUT2D eigenvalue weighted by Gasteiger charge is -2.20. The molecule has 23 heavy (non-hydrogen) atoms. The average molecular weight is 342 g/mol. The van der Waals surface area contributed by atoms with Crippen molar-refractivity contribution in [2.24, 2.45) is 5.92 Å². The van der Waals surface area contributed by atoms with Gasteiger partial charge in [-0.1, -0.05) is 24.6 Å². The number of carbonyl (C=O) groups excluding carboxylic acids is 1. The third-order valence-electron chi connectivity index (χ3n) is 4.40. The summed E-state index contributed by atoms with van der Waals surface area (Å²) in [7, 11) is 2.10. The number of halogens is 2. The smallest absolute Gasteiger partial charge is 0.317 e. The van der Waals surface area contributed by atoms with Crippen LogP contribution in [0.5, 0.6) is 0 Å². The van der Waals surface area contributed by atoms with Crippen LogP contribution in [0.4, 0.5) is 9.18 Å². The Bertz CT molecular complexity index is 520. The molecule has 0 aliphatic carbocycles. The molecule has 128 valence electrons. The van der Waals surface area contributed by atoms with E-state index in [0.29, 0.717) is 29.5 Å². The Morgan fingerprint density at radius 1 is 1.52 bits per heavy atom. The number of urea groups is 1. The van der Waals surface area contributed by atoms with Gasteiger partial charge in [0.25, 0.3) is 0 Å². The first-order chi connectivity index (χ1) is 11.0. The van der Waals surface area contributed by atoms with Crippen molar-refractivity contribution >= 4 is 17.6 Å². The van der Waals surface area contributed by atoms with E-state index in [9.17, 15) is 9.18 Å². The molecular formula is C17H25ClFN3O. The fourth-order valence-corrected chi connectivity index (χ4v) is 3.17. The van der Waals surface area contributed by atoms with Gasteiger partial charge in [-0.25, -0.2) is 9.18 Å². The Kier molecular flexibility index (Phi) is 6.66. The van der Waals surface area contributed by atoms with Crippen molar-refractivity contribution in [3.05, 3.63) is 34.6 Å². The van der Waals surface area contributed by atoms with Gasteiger partial charge in [0.05, 0.1) is 0 Å². The van der Waals surface area contributed by atoms with Crippen molar-refractivity contribution in [1.82, 2.24) is 15.1 Å². The molecule has 0 bridgehead atoms. The van der Waals surface area contributed by atoms with Crippen molar-refractivity contribution in [3.63, 3.8) is 0 Å². The van der Waals surface area contributed by atoms with Gasteiger partial charge in [-0.2, -0.15) is 0 Å². The summed E-state index contributed by atoms with van der Waals surface area (Å²) in [5.74, 6) is 0.210. The third kappa shape index (κ3) is 5.08. The fraction of sp³-hybridized carbons (Fsp3) is 0.588. The van der Waals surface area contributed by atoms with E-state index >= 15 is 0 Å². The van der Waals surface area contributed by atoms with Gasteiger partial charge in [0.2, 0.25) is 0 Å². The highest BCUT2D eigenvalue weighted by atomic mass is 35.5. The van der Waals surface area contributed by atoms with E-state index in [1.807, 2.05) is 4.90 Å². The van der Waals surface area contributed by atoms with Crippen LogP contribution < -0.4 is 5.32 Å². The molecule has 2 amide bonds. The van der Waals surface area contributed by atoms with Gasteiger partial charge in [0.15, 0.2) is 0 Å². The molecule has 0 aromatic heterocycles. The summed E-state index contributed by atoms with van der Waals surface area (Å²) in [5, 5.41) is 3.27. The maximum atomic E-state index is 13.7. The van der Waals surface area contributed by atoms with E-state index in [-0.39, 0.29) is 11.8 Å². The van der Waals surface area contributed by atoms with Crippen LogP contribution in [-0.4, -0.2) is 55.6 Å². The molecule has 2 rings (SSSR count). The monoisotopic (exact) mass is 341 g/mol. The number of benzene rings is 1. The lowest BCUT2D eigenvalue weighted by molar-refractivity contribution is 0.204. The Balaban J connectivity index is 1.75. The first kappa shape index (κ1) is 18.0. The second kappa shape index (κ2) is 8.50. The molecule has 1 aromatic carbocycles. The highest BCUT2D eigenvalue weighted by molar-refractivity contribution is 6.31. The summed E-state index contributed by atoms with van der Waals surface area (Å²) in [6, 6.07) is 4.56. The number of likely N-dealkylation sites (tertiary alicyclic amines) is 1. The number of carbonyl (C=O) groups is 1. The molecule has 6 heteroatoms. The van der Waals surface area contributed by atoms with Crippen molar-refractivity contribution in [3.8, 4) is 0 Å². The third-order valence-corrected chi connectivity index (χ3v) is 4.75. The number of hydrogen-bond acceptors (Lipinski definition) is 2. The van der Waals surface area contributed by atoms with Gasteiger partial charge >= 0.3 is 6.03 Å². The number of nitrogens with zero attached hydrogens (tertiary/aromatic N) is 2. The molecule has 1 fully saturated rings. The average Bonchev–Trinajstić information content (AvgIpc) is 2.98. The summed E-state index contributed by atoms with van der Waals surface area (Å²) in [6.07, 6.45) is 1.43. The van der Waals surface area contributed by atoms with Gasteiger partial charge in [0.1, 0.15) is 5.82 Å². The molecule has 0 saturated carbocycles. The summed E-state index contributed by atoms with van der Waals surface area (Å²) in [6.45, 7) is 6.13. The zero-order chi connectivity index (χ0) is 16.8. The first-order valence-corrected chi connectivity index (χ1v) is 8.53. The van der Waals surface area contributed by atoms with Crippen LogP contribution in [-0.2, 0) is 6.42 Å². The molecule has 1 aliphatic rings. The van der Waals surface area contributed by atoms with Crippen LogP contribution in [0.2, 0.25) is 5.02 Å². The van der Waals surface area contributed by atoms with Gasteiger partial charge in [-0.3, -0.25) is 0 Å². The van der Waals surface area contributed by atoms with E-state index < -0.39 is 0 Å². The van der Waals surface area contributed by atoms with Crippen molar-refractivity contribution in [1.29, 1.82) is 0 Å². The maximum Gasteiger partial charge on any atom is 0.317 e. The lowest BCUT2D eigenvalue weighted by atomic mass is 10.1. The molecule has 4 nitrogen and oxygen atoms in total. The normalized spacial score (nSPS) is 17.8. The summed E-state index contributed by atoms with van der Waals surface area (Å²) >= 11 is 5.99. The van der Waals surface area contributed by atoms with Gasteiger partial charge in [-0.15, -0.1) is 0 Å². The van der Waals surface area contributed by atoms with E-state index in [1.165, 1.54) is 6.07 Å². The van der Waals surface area contributed by atoms with Crippen LogP contribution in [0, 0.1) is 11.7 Å². The van der Waals surface area contributed by atoms with Gasteiger partial charge in [-0.05, 0) is 44.5 Å². The van der Waals surface area contributed by atoms with Crippen LogP contribution in [0.3, 0.4) is 0 Å². The molecule has 1 atom stereocenters. The molecule has 0 unspecified atom stereocenters. The van der Waals surface area contributed by atoms with E-state index in [0.717, 1.165) is 32.6 Å². The largest absolute Gasteiger partial charge is 0.338 e. The fourth-order valence-electron chi connectivity index (χ4n) is 2.91. The number of rotatable bonds is 6. The molecule has 1 aliphatic heterocycles. The molecule has 1 N–H and O–H groups in total. The van der Waals surface area contributed by atoms with Crippen molar-refractivity contribution in [2.75, 3.05) is 39.8 Å². The Hall–Kier alpha value is -1.33. The van der Waals surface area contributed by atoms with Crippen LogP contribution in [0.25, 0.3) is 0 Å². The Labute approximate surface area is 142 Å². The quantitative estimate of drug-likeness (QED) is 0.863. The molecule has 0 spiro atoms. The zero-order valence-corrected chi connectivity index (χ0v) is 14.6. The molecular weight excluding hydrogens is 317 g/mol. The predicted octanol–water partition coefficient (Wildman–Crippen LogP) is 3.00. The predicted molar refractivity (Wildman–Crippen MR) is 91.4 cm³/mol. The highest BCUT2D eigenvalue weighted by Gasteiger charge is 2.26. The summed E-state index contributed by atoms with van der Waals surface area (Å²) in [4.78, 5) is 16.3. The van der Waals surface area contributed by atoms with Crippen molar-refractivity contribution < 1.29 is 9.18 Å². The first-order valence-electron chi connectivity index (χ1n) is 8.15. The van der Waals surface area contributed by atoms with E-state index in [2.05, 4.69) is 24.2 Å². The van der Waals surface area contributed by atoms with E-state index in [1.54, 1.807) is 12.1 Å². The second-order valence-corrected chi connectivity index (χ2v) is 6.54. The lowest BCUT2D eigenvalue weighted by Crippen LogP contribution is -2.40. The number of hydrogen-bond donors (Lipinski definition) is 1. The summed E-state index contributed by atoms with van der Waals surface area (Å²) in [5.41, 5.74) is 0.457. The van der Waals surface area contributed by atoms with Crippen molar-refractivity contribution in [2.45, 2.75) is 19.8 Å². The van der Waals surface area contributed by atoms with Crippen LogP contribution >= 0.6 is 11.6 Å². The highest BCUT2D eigenvalue weighted by Crippen LogP contribution is 2.19. The minimum atomic E-state index is -0.324. The van der Waals surface area contributed by atoms with Gasteiger partial charge < -0.3 is 15.1 Å². The number of amides is 2. The summed E-state index contributed by atoms with van der Waals surface area (Å²) < 4.78 is 13.7. The Morgan fingerprint density at radius 3 is 3.00 bits per heavy atom. The SMILES string of the molecule is CCN(C)C[C@@H]1CCN(C(=O)NCCc2c(F)cccc2Cl)C1. The molecule has 1 aromatic rings. The maximum absolute atomic E-state index is 13.7. The van der Waals surface area contributed by atoms with E-state index in [4.69, 9.17) is 11.6 Å². The standard InChI is InChI=1S/C17H25ClFN3O/c1-3-21(2)11-13-8-10-22(12-13)17(23)20-9-7-14-15(18)5-4-6-16(14)19/h4-6,13H,3,7-12H2,1-2H3,(H,20,23)/t13-/m0/s1. The molecule has 0 radical (unpaired) electrons. The van der Waals surface area contributed by atoms with Gasteiger partial charge in [0, 0.05) is 36.8 Å². The Morgan fingerprint density at radius 2 is 2.30 bits per heavy atom. The number of nitrogens with one attached hydrogen (secondary N) is 1. The topological polar surface area (TPSA) is 35.6 Å². The minimum absolute atomic E-state index is 0.0703. The molecule has 1 saturated heterocycles. The molecule has 1 heterocycles. The second-order valence-electron chi connectivity index (χ2n) is 6.14. The minimum Gasteiger partial charge on any atom is -0.338 e.